The predicted molar refractivity (Wildman–Crippen MR) is 105 cm³/mol. The SMILES string of the molecule is O=C(Nc1ccc(F)cc1)c1nc(C(=O)NCc2ccncc2)n2c1CCCC2. The molecule has 0 spiro atoms. The van der Waals surface area contributed by atoms with Gasteiger partial charge in [0.05, 0.1) is 5.69 Å². The van der Waals surface area contributed by atoms with E-state index in [1.165, 1.54) is 24.3 Å². The number of imidazole rings is 1. The molecule has 29 heavy (non-hydrogen) atoms. The fraction of sp³-hybridized carbons (Fsp3) is 0.238. The van der Waals surface area contributed by atoms with Crippen LogP contribution in [-0.2, 0) is 19.5 Å². The first-order valence-electron chi connectivity index (χ1n) is 9.45. The molecule has 7 nitrogen and oxygen atoms in total. The number of carbonyl (C=O) groups is 2. The molecule has 3 aromatic rings. The van der Waals surface area contributed by atoms with E-state index in [1.54, 1.807) is 12.4 Å². The van der Waals surface area contributed by atoms with E-state index in [0.29, 0.717) is 25.2 Å². The lowest BCUT2D eigenvalue weighted by molar-refractivity contribution is 0.0935. The Hall–Kier alpha value is -3.55. The standard InChI is InChI=1S/C21H20FN5O2/c22-15-4-6-16(7-5-15)25-20(28)18-17-3-1-2-12-27(17)19(26-18)21(29)24-13-14-8-10-23-11-9-14/h4-11H,1-3,12-13H2,(H,24,29)(H,25,28). The Labute approximate surface area is 167 Å². The highest BCUT2D eigenvalue weighted by Gasteiger charge is 2.27. The number of fused-ring (bicyclic) bond motifs is 1. The smallest absolute Gasteiger partial charge is 0.287 e. The number of anilines is 1. The van der Waals surface area contributed by atoms with Crippen LogP contribution in [-0.4, -0.2) is 26.3 Å². The van der Waals surface area contributed by atoms with Crippen LogP contribution in [0.3, 0.4) is 0 Å². The van der Waals surface area contributed by atoms with Gasteiger partial charge in [0.25, 0.3) is 11.8 Å². The van der Waals surface area contributed by atoms with Gasteiger partial charge in [-0.15, -0.1) is 0 Å². The van der Waals surface area contributed by atoms with Crippen LogP contribution in [0.1, 0.15) is 45.2 Å². The van der Waals surface area contributed by atoms with E-state index in [4.69, 9.17) is 0 Å². The molecule has 0 unspecified atom stereocenters. The predicted octanol–water partition coefficient (Wildman–Crippen LogP) is 2.94. The summed E-state index contributed by atoms with van der Waals surface area (Å²) >= 11 is 0. The van der Waals surface area contributed by atoms with Crippen LogP contribution < -0.4 is 10.6 Å². The summed E-state index contributed by atoms with van der Waals surface area (Å²) in [6.45, 7) is 0.991. The quantitative estimate of drug-likeness (QED) is 0.698. The number of nitrogens with zero attached hydrogens (tertiary/aromatic N) is 3. The summed E-state index contributed by atoms with van der Waals surface area (Å²) in [4.78, 5) is 33.8. The van der Waals surface area contributed by atoms with Crippen molar-refractivity contribution in [2.24, 2.45) is 0 Å². The number of hydrogen-bond donors (Lipinski definition) is 2. The fourth-order valence-electron chi connectivity index (χ4n) is 3.38. The largest absolute Gasteiger partial charge is 0.345 e. The van der Waals surface area contributed by atoms with E-state index in [9.17, 15) is 14.0 Å². The molecular formula is C21H20FN5O2. The van der Waals surface area contributed by atoms with Crippen molar-refractivity contribution in [3.05, 3.63) is 77.4 Å². The average molecular weight is 393 g/mol. The molecule has 3 heterocycles. The first kappa shape index (κ1) is 18.8. The molecule has 0 atom stereocenters. The minimum atomic E-state index is -0.407. The van der Waals surface area contributed by atoms with Crippen molar-refractivity contribution >= 4 is 17.5 Å². The van der Waals surface area contributed by atoms with E-state index in [-0.39, 0.29) is 23.2 Å². The van der Waals surface area contributed by atoms with Crippen LogP contribution >= 0.6 is 0 Å². The monoisotopic (exact) mass is 393 g/mol. The number of halogens is 1. The molecule has 2 N–H and O–H groups in total. The zero-order valence-electron chi connectivity index (χ0n) is 15.7. The summed E-state index contributed by atoms with van der Waals surface area (Å²) in [7, 11) is 0. The Morgan fingerprint density at radius 3 is 2.55 bits per heavy atom. The number of hydrogen-bond acceptors (Lipinski definition) is 4. The number of carbonyl (C=O) groups excluding carboxylic acids is 2. The third-order valence-electron chi connectivity index (χ3n) is 4.84. The lowest BCUT2D eigenvalue weighted by atomic mass is 10.1. The van der Waals surface area contributed by atoms with E-state index in [1.807, 2.05) is 16.7 Å². The molecule has 0 saturated carbocycles. The average Bonchev–Trinajstić information content (AvgIpc) is 3.14. The first-order chi connectivity index (χ1) is 14.1. The molecule has 4 rings (SSSR count). The number of aromatic nitrogens is 3. The van der Waals surface area contributed by atoms with Crippen LogP contribution in [0.4, 0.5) is 10.1 Å². The van der Waals surface area contributed by atoms with E-state index >= 15 is 0 Å². The summed E-state index contributed by atoms with van der Waals surface area (Å²) in [5.41, 5.74) is 2.39. The second kappa shape index (κ2) is 8.22. The molecule has 148 valence electrons. The van der Waals surface area contributed by atoms with Crippen molar-refractivity contribution in [3.8, 4) is 0 Å². The van der Waals surface area contributed by atoms with Crippen molar-refractivity contribution < 1.29 is 14.0 Å². The summed E-state index contributed by atoms with van der Waals surface area (Å²) in [6, 6.07) is 9.16. The van der Waals surface area contributed by atoms with E-state index < -0.39 is 5.91 Å². The summed E-state index contributed by atoms with van der Waals surface area (Å²) in [6.07, 6.45) is 5.86. The molecular weight excluding hydrogens is 373 g/mol. The van der Waals surface area contributed by atoms with Gasteiger partial charge in [0.15, 0.2) is 11.5 Å². The van der Waals surface area contributed by atoms with Crippen molar-refractivity contribution in [1.29, 1.82) is 0 Å². The Kier molecular flexibility index (Phi) is 5.33. The lowest BCUT2D eigenvalue weighted by Crippen LogP contribution is -2.27. The van der Waals surface area contributed by atoms with Gasteiger partial charge in [-0.05, 0) is 61.2 Å². The minimum Gasteiger partial charge on any atom is -0.345 e. The van der Waals surface area contributed by atoms with Gasteiger partial charge in [-0.25, -0.2) is 9.37 Å². The number of amides is 2. The highest BCUT2D eigenvalue weighted by atomic mass is 19.1. The Balaban J connectivity index is 1.55. The highest BCUT2D eigenvalue weighted by molar-refractivity contribution is 6.05. The molecule has 8 heteroatoms. The molecule has 2 amide bonds. The summed E-state index contributed by atoms with van der Waals surface area (Å²) < 4.78 is 14.9. The van der Waals surface area contributed by atoms with Gasteiger partial charge in [0, 0.05) is 31.2 Å². The molecule has 0 radical (unpaired) electrons. The maximum absolute atomic E-state index is 13.1. The number of benzene rings is 1. The molecule has 1 aliphatic rings. The maximum Gasteiger partial charge on any atom is 0.287 e. The Morgan fingerprint density at radius 2 is 1.79 bits per heavy atom. The number of pyridine rings is 1. The van der Waals surface area contributed by atoms with Gasteiger partial charge in [0.1, 0.15) is 5.82 Å². The third-order valence-corrected chi connectivity index (χ3v) is 4.84. The minimum absolute atomic E-state index is 0.234. The van der Waals surface area contributed by atoms with Crippen LogP contribution in [0.15, 0.2) is 48.8 Å². The number of nitrogens with one attached hydrogen (secondary N) is 2. The third kappa shape index (κ3) is 4.16. The van der Waals surface area contributed by atoms with Crippen LogP contribution in [0.25, 0.3) is 0 Å². The molecule has 1 aliphatic heterocycles. The molecule has 0 aliphatic carbocycles. The van der Waals surface area contributed by atoms with E-state index in [0.717, 1.165) is 24.1 Å². The highest BCUT2D eigenvalue weighted by Crippen LogP contribution is 2.22. The zero-order chi connectivity index (χ0) is 20.2. The first-order valence-corrected chi connectivity index (χ1v) is 9.45. The molecule has 0 bridgehead atoms. The summed E-state index contributed by atoms with van der Waals surface area (Å²) in [5, 5.41) is 5.58. The van der Waals surface area contributed by atoms with Gasteiger partial charge >= 0.3 is 0 Å². The van der Waals surface area contributed by atoms with Crippen LogP contribution in [0.5, 0.6) is 0 Å². The van der Waals surface area contributed by atoms with Crippen LogP contribution in [0.2, 0.25) is 0 Å². The second-order valence-corrected chi connectivity index (χ2v) is 6.84. The molecule has 0 fully saturated rings. The molecule has 0 saturated heterocycles. The van der Waals surface area contributed by atoms with Crippen molar-refractivity contribution in [3.63, 3.8) is 0 Å². The van der Waals surface area contributed by atoms with Gasteiger partial charge in [-0.3, -0.25) is 14.6 Å². The normalized spacial score (nSPS) is 12.9. The summed E-state index contributed by atoms with van der Waals surface area (Å²) in [5.74, 6) is -0.880. The van der Waals surface area contributed by atoms with Gasteiger partial charge in [-0.2, -0.15) is 0 Å². The molecule has 2 aromatic heterocycles. The van der Waals surface area contributed by atoms with Gasteiger partial charge in [0.2, 0.25) is 0 Å². The fourth-order valence-corrected chi connectivity index (χ4v) is 3.38. The maximum atomic E-state index is 13.1. The number of rotatable bonds is 5. The van der Waals surface area contributed by atoms with Gasteiger partial charge in [-0.1, -0.05) is 0 Å². The zero-order valence-corrected chi connectivity index (χ0v) is 15.7. The Bertz CT molecular complexity index is 1030. The van der Waals surface area contributed by atoms with Crippen molar-refractivity contribution in [2.45, 2.75) is 32.4 Å². The second-order valence-electron chi connectivity index (χ2n) is 6.84. The van der Waals surface area contributed by atoms with Gasteiger partial charge < -0.3 is 15.2 Å². The van der Waals surface area contributed by atoms with E-state index in [2.05, 4.69) is 20.6 Å². The Morgan fingerprint density at radius 1 is 1.03 bits per heavy atom. The molecule has 1 aromatic carbocycles. The topological polar surface area (TPSA) is 88.9 Å². The van der Waals surface area contributed by atoms with Crippen molar-refractivity contribution in [1.82, 2.24) is 19.9 Å². The lowest BCUT2D eigenvalue weighted by Gasteiger charge is -2.17. The van der Waals surface area contributed by atoms with Crippen molar-refractivity contribution in [2.75, 3.05) is 5.32 Å². The van der Waals surface area contributed by atoms with Crippen LogP contribution in [0, 0.1) is 5.82 Å².